The fourth-order valence-electron chi connectivity index (χ4n) is 2.44. The summed E-state index contributed by atoms with van der Waals surface area (Å²) in [5.74, 6) is -1.79. The zero-order valence-corrected chi connectivity index (χ0v) is 12.5. The van der Waals surface area contributed by atoms with Crippen LogP contribution in [0.25, 0.3) is 10.9 Å². The molecule has 0 aliphatic carbocycles. The molecule has 116 valence electrons. The van der Waals surface area contributed by atoms with Gasteiger partial charge in [0.05, 0.1) is 5.02 Å². The zero-order chi connectivity index (χ0) is 16.6. The van der Waals surface area contributed by atoms with Gasteiger partial charge in [0.15, 0.2) is 0 Å². The quantitative estimate of drug-likeness (QED) is 0.770. The number of rotatable bonds is 3. The van der Waals surface area contributed by atoms with Crippen molar-refractivity contribution in [1.29, 1.82) is 0 Å². The van der Waals surface area contributed by atoms with Crippen molar-refractivity contribution in [2.75, 3.05) is 0 Å². The maximum atomic E-state index is 14.0. The highest BCUT2D eigenvalue weighted by molar-refractivity contribution is 6.30. The van der Waals surface area contributed by atoms with E-state index in [1.54, 1.807) is 30.3 Å². The SMILES string of the molecule is O=C(O)c1c[nH]c2ccc(Cc3cccc(Cl)c3F)cc2c1=O. The highest BCUT2D eigenvalue weighted by atomic mass is 35.5. The highest BCUT2D eigenvalue weighted by Crippen LogP contribution is 2.21. The van der Waals surface area contributed by atoms with E-state index < -0.39 is 17.2 Å². The number of halogens is 2. The Balaban J connectivity index is 2.09. The van der Waals surface area contributed by atoms with Crippen molar-refractivity contribution in [1.82, 2.24) is 4.98 Å². The number of hydrogen-bond acceptors (Lipinski definition) is 2. The Bertz CT molecular complexity index is 981. The molecule has 23 heavy (non-hydrogen) atoms. The lowest BCUT2D eigenvalue weighted by molar-refractivity contribution is 0.0695. The topological polar surface area (TPSA) is 70.2 Å². The Morgan fingerprint density at radius 3 is 2.78 bits per heavy atom. The summed E-state index contributed by atoms with van der Waals surface area (Å²) in [6.45, 7) is 0. The number of hydrogen-bond donors (Lipinski definition) is 2. The van der Waals surface area contributed by atoms with E-state index in [2.05, 4.69) is 4.98 Å². The molecule has 2 aromatic carbocycles. The molecule has 1 heterocycles. The fourth-order valence-corrected chi connectivity index (χ4v) is 2.63. The first-order valence-corrected chi connectivity index (χ1v) is 7.15. The van der Waals surface area contributed by atoms with Crippen LogP contribution >= 0.6 is 11.6 Å². The molecule has 2 N–H and O–H groups in total. The summed E-state index contributed by atoms with van der Waals surface area (Å²) in [5.41, 5.74) is 0.716. The molecule has 0 saturated carbocycles. The van der Waals surface area contributed by atoms with Gasteiger partial charge >= 0.3 is 5.97 Å². The summed E-state index contributed by atoms with van der Waals surface area (Å²) >= 11 is 5.76. The van der Waals surface area contributed by atoms with E-state index >= 15 is 0 Å². The minimum Gasteiger partial charge on any atom is -0.477 e. The normalized spacial score (nSPS) is 10.9. The standard InChI is InChI=1S/C17H11ClFNO3/c18-13-3-1-2-10(15(13)19)6-9-4-5-14-11(7-9)16(21)12(8-20-14)17(22)23/h1-5,7-8H,6H2,(H,20,21)(H,22,23). The van der Waals surface area contributed by atoms with E-state index in [1.807, 2.05) is 0 Å². The summed E-state index contributed by atoms with van der Waals surface area (Å²) in [4.78, 5) is 26.0. The molecule has 0 radical (unpaired) electrons. The van der Waals surface area contributed by atoms with E-state index in [4.69, 9.17) is 16.7 Å². The molecule has 6 heteroatoms. The molecule has 1 aromatic heterocycles. The molecule has 0 unspecified atom stereocenters. The molecule has 0 saturated heterocycles. The average molecular weight is 332 g/mol. The van der Waals surface area contributed by atoms with Crippen LogP contribution in [-0.4, -0.2) is 16.1 Å². The number of aromatic nitrogens is 1. The van der Waals surface area contributed by atoms with Crippen LogP contribution in [0.2, 0.25) is 5.02 Å². The fraction of sp³-hybridized carbons (Fsp3) is 0.0588. The van der Waals surface area contributed by atoms with Crippen LogP contribution in [0.5, 0.6) is 0 Å². The van der Waals surface area contributed by atoms with Crippen molar-refractivity contribution in [2.24, 2.45) is 0 Å². The van der Waals surface area contributed by atoms with Crippen molar-refractivity contribution >= 4 is 28.5 Å². The van der Waals surface area contributed by atoms with Crippen LogP contribution in [0.15, 0.2) is 47.4 Å². The van der Waals surface area contributed by atoms with E-state index in [9.17, 15) is 14.0 Å². The van der Waals surface area contributed by atoms with Gasteiger partial charge in [-0.15, -0.1) is 0 Å². The van der Waals surface area contributed by atoms with Crippen molar-refractivity contribution < 1.29 is 14.3 Å². The third-order valence-corrected chi connectivity index (χ3v) is 3.89. The van der Waals surface area contributed by atoms with Crippen LogP contribution in [0.3, 0.4) is 0 Å². The Morgan fingerprint density at radius 2 is 2.04 bits per heavy atom. The molecule has 3 aromatic rings. The molecule has 0 aliphatic heterocycles. The second-order valence-corrected chi connectivity index (χ2v) is 5.51. The highest BCUT2D eigenvalue weighted by Gasteiger charge is 2.13. The Kier molecular flexibility index (Phi) is 3.88. The van der Waals surface area contributed by atoms with Gasteiger partial charge in [-0.3, -0.25) is 4.79 Å². The summed E-state index contributed by atoms with van der Waals surface area (Å²) < 4.78 is 14.0. The number of pyridine rings is 1. The molecule has 4 nitrogen and oxygen atoms in total. The predicted octanol–water partition coefficient (Wildman–Crippen LogP) is 3.61. The minimum atomic E-state index is -1.29. The summed E-state index contributed by atoms with van der Waals surface area (Å²) in [5, 5.41) is 9.30. The Hall–Kier alpha value is -2.66. The molecule has 0 fully saturated rings. The Labute approximate surface area is 135 Å². The number of carbonyl (C=O) groups is 1. The molecule has 0 spiro atoms. The van der Waals surface area contributed by atoms with Crippen LogP contribution in [-0.2, 0) is 6.42 Å². The van der Waals surface area contributed by atoms with Crippen LogP contribution in [0, 0.1) is 5.82 Å². The van der Waals surface area contributed by atoms with Gasteiger partial charge in [-0.25, -0.2) is 9.18 Å². The number of H-pyrrole nitrogens is 1. The number of carboxylic acids is 1. The maximum absolute atomic E-state index is 14.0. The van der Waals surface area contributed by atoms with Gasteiger partial charge in [-0.05, 0) is 29.3 Å². The summed E-state index contributed by atoms with van der Waals surface area (Å²) in [6, 6.07) is 9.71. The average Bonchev–Trinajstić information content (AvgIpc) is 2.52. The summed E-state index contributed by atoms with van der Waals surface area (Å²) in [6.07, 6.45) is 1.42. The minimum absolute atomic E-state index is 0.0364. The lowest BCUT2D eigenvalue weighted by Gasteiger charge is -2.07. The van der Waals surface area contributed by atoms with E-state index in [0.29, 0.717) is 16.6 Å². The summed E-state index contributed by atoms with van der Waals surface area (Å²) in [7, 11) is 0. The van der Waals surface area contributed by atoms with Crippen LogP contribution < -0.4 is 5.43 Å². The van der Waals surface area contributed by atoms with Crippen molar-refractivity contribution in [3.8, 4) is 0 Å². The third kappa shape index (κ3) is 2.83. The predicted molar refractivity (Wildman–Crippen MR) is 85.7 cm³/mol. The van der Waals surface area contributed by atoms with Gasteiger partial charge in [-0.1, -0.05) is 29.8 Å². The molecule has 0 bridgehead atoms. The molecular weight excluding hydrogens is 321 g/mol. The number of aromatic carboxylic acids is 1. The van der Waals surface area contributed by atoms with Gasteiger partial charge in [0.1, 0.15) is 11.4 Å². The first kappa shape index (κ1) is 15.2. The van der Waals surface area contributed by atoms with Gasteiger partial charge < -0.3 is 10.1 Å². The van der Waals surface area contributed by atoms with Crippen LogP contribution in [0.1, 0.15) is 21.5 Å². The van der Waals surface area contributed by atoms with Gasteiger partial charge in [0, 0.05) is 23.5 Å². The number of benzene rings is 2. The van der Waals surface area contributed by atoms with Gasteiger partial charge in [-0.2, -0.15) is 0 Å². The molecule has 0 amide bonds. The number of carboxylic acid groups (broad SMARTS) is 1. The number of fused-ring (bicyclic) bond motifs is 1. The second kappa shape index (κ2) is 5.85. The second-order valence-electron chi connectivity index (χ2n) is 5.11. The van der Waals surface area contributed by atoms with E-state index in [0.717, 1.165) is 0 Å². The zero-order valence-electron chi connectivity index (χ0n) is 11.8. The largest absolute Gasteiger partial charge is 0.477 e. The first-order valence-electron chi connectivity index (χ1n) is 6.78. The molecule has 0 aliphatic rings. The van der Waals surface area contributed by atoms with Crippen molar-refractivity contribution in [3.05, 3.63) is 80.3 Å². The molecule has 0 atom stereocenters. The Morgan fingerprint density at radius 1 is 1.26 bits per heavy atom. The van der Waals surface area contributed by atoms with Crippen LogP contribution in [0.4, 0.5) is 4.39 Å². The lowest BCUT2D eigenvalue weighted by Crippen LogP contribution is -2.15. The van der Waals surface area contributed by atoms with Crippen molar-refractivity contribution in [3.63, 3.8) is 0 Å². The van der Waals surface area contributed by atoms with E-state index in [1.165, 1.54) is 12.3 Å². The van der Waals surface area contributed by atoms with E-state index in [-0.39, 0.29) is 22.4 Å². The smallest absolute Gasteiger partial charge is 0.341 e. The molecule has 3 rings (SSSR count). The number of nitrogens with one attached hydrogen (secondary N) is 1. The number of aromatic amines is 1. The molecular formula is C17H11ClFNO3. The monoisotopic (exact) mass is 331 g/mol. The van der Waals surface area contributed by atoms with Gasteiger partial charge in [0.25, 0.3) is 0 Å². The third-order valence-electron chi connectivity index (χ3n) is 3.60. The maximum Gasteiger partial charge on any atom is 0.341 e. The van der Waals surface area contributed by atoms with Gasteiger partial charge in [0.2, 0.25) is 5.43 Å². The lowest BCUT2D eigenvalue weighted by atomic mass is 10.0. The van der Waals surface area contributed by atoms with Crippen molar-refractivity contribution in [2.45, 2.75) is 6.42 Å². The first-order chi connectivity index (χ1) is 11.0.